The molecule has 0 saturated heterocycles. The van der Waals surface area contributed by atoms with Gasteiger partial charge in [-0.15, -0.1) is 0 Å². The van der Waals surface area contributed by atoms with Gasteiger partial charge >= 0.3 is 0 Å². The predicted molar refractivity (Wildman–Crippen MR) is 59.1 cm³/mol. The Kier molecular flexibility index (Phi) is 3.59. The fourth-order valence-corrected chi connectivity index (χ4v) is 1.63. The lowest BCUT2D eigenvalue weighted by atomic mass is 10.1. The van der Waals surface area contributed by atoms with E-state index in [1.54, 1.807) is 24.3 Å². The van der Waals surface area contributed by atoms with E-state index in [0.29, 0.717) is 10.6 Å². The van der Waals surface area contributed by atoms with Crippen LogP contribution in [0, 0.1) is 0 Å². The number of benzene rings is 1. The van der Waals surface area contributed by atoms with Crippen LogP contribution >= 0.6 is 22.3 Å². The van der Waals surface area contributed by atoms with Crippen molar-refractivity contribution in [3.63, 3.8) is 0 Å². The molecule has 0 aliphatic rings. The van der Waals surface area contributed by atoms with Crippen molar-refractivity contribution in [3.05, 3.63) is 46.3 Å². The van der Waals surface area contributed by atoms with Gasteiger partial charge < -0.3 is 0 Å². The zero-order valence-corrected chi connectivity index (χ0v) is 9.53. The second-order valence-electron chi connectivity index (χ2n) is 2.74. The van der Waals surface area contributed by atoms with Crippen LogP contribution in [0.2, 0.25) is 5.02 Å². The molecule has 0 N–H and O–H groups in total. The predicted octanol–water partition coefficient (Wildman–Crippen LogP) is 2.96. The molecule has 0 saturated carbocycles. The molecule has 0 heterocycles. The zero-order valence-electron chi connectivity index (χ0n) is 7.20. The summed E-state index contributed by atoms with van der Waals surface area (Å²) >= 11 is 5.84. The Morgan fingerprint density at radius 3 is 2.43 bits per heavy atom. The van der Waals surface area contributed by atoms with Crippen molar-refractivity contribution in [2.45, 2.75) is 6.42 Å². The molecule has 1 rings (SSSR count). The van der Waals surface area contributed by atoms with E-state index in [0.717, 1.165) is 0 Å². The van der Waals surface area contributed by atoms with Crippen LogP contribution in [0.3, 0.4) is 0 Å². The van der Waals surface area contributed by atoms with Crippen molar-refractivity contribution in [2.24, 2.45) is 0 Å². The highest BCUT2D eigenvalue weighted by Gasteiger charge is 2.12. The molecule has 76 valence electrons. The van der Waals surface area contributed by atoms with E-state index < -0.39 is 9.05 Å². The standard InChI is InChI=1S/C9H8Cl2O2S/c1-7(14(11,12)13)6-8-4-2-3-5-9(8)10/h2-5H,1,6H2. The Labute approximate surface area is 92.6 Å². The normalized spacial score (nSPS) is 11.3. The molecule has 1 aromatic carbocycles. The molecule has 0 radical (unpaired) electrons. The van der Waals surface area contributed by atoms with Crippen LogP contribution in [0.4, 0.5) is 0 Å². The molecule has 0 amide bonds. The molecular weight excluding hydrogens is 243 g/mol. The Bertz CT molecular complexity index is 452. The molecule has 1 aromatic rings. The molecule has 0 fully saturated rings. The van der Waals surface area contributed by atoms with Gasteiger partial charge in [-0.25, -0.2) is 8.42 Å². The van der Waals surface area contributed by atoms with Crippen LogP contribution in [-0.4, -0.2) is 8.42 Å². The molecule has 14 heavy (non-hydrogen) atoms. The van der Waals surface area contributed by atoms with Crippen molar-refractivity contribution >= 4 is 31.3 Å². The Morgan fingerprint density at radius 1 is 1.36 bits per heavy atom. The number of halogens is 2. The molecular formula is C9H8Cl2O2S. The number of allylic oxidation sites excluding steroid dienone is 1. The van der Waals surface area contributed by atoms with Crippen molar-refractivity contribution in [3.8, 4) is 0 Å². The summed E-state index contributed by atoms with van der Waals surface area (Å²) in [6.45, 7) is 3.38. The summed E-state index contributed by atoms with van der Waals surface area (Å²) in [6, 6.07) is 6.96. The zero-order chi connectivity index (χ0) is 10.8. The van der Waals surface area contributed by atoms with Crippen LogP contribution < -0.4 is 0 Å². The van der Waals surface area contributed by atoms with Crippen LogP contribution in [-0.2, 0) is 15.5 Å². The maximum absolute atomic E-state index is 10.9. The highest BCUT2D eigenvalue weighted by atomic mass is 35.7. The summed E-state index contributed by atoms with van der Waals surface area (Å²) in [5.74, 6) is 0. The monoisotopic (exact) mass is 250 g/mol. The Morgan fingerprint density at radius 2 is 1.93 bits per heavy atom. The first kappa shape index (κ1) is 11.6. The fourth-order valence-electron chi connectivity index (χ4n) is 0.940. The largest absolute Gasteiger partial charge is 0.257 e. The molecule has 0 atom stereocenters. The van der Waals surface area contributed by atoms with E-state index in [1.165, 1.54) is 0 Å². The third-order valence-corrected chi connectivity index (χ3v) is 3.55. The summed E-state index contributed by atoms with van der Waals surface area (Å²) in [7, 11) is 1.42. The van der Waals surface area contributed by atoms with Gasteiger partial charge in [-0.3, -0.25) is 0 Å². The molecule has 0 aromatic heterocycles. The molecule has 5 heteroatoms. The van der Waals surface area contributed by atoms with Gasteiger partial charge in [-0.05, 0) is 11.6 Å². The molecule has 2 nitrogen and oxygen atoms in total. The average molecular weight is 251 g/mol. The van der Waals surface area contributed by atoms with Crippen LogP contribution in [0.15, 0.2) is 35.7 Å². The minimum atomic E-state index is -3.70. The van der Waals surface area contributed by atoms with E-state index in [2.05, 4.69) is 6.58 Å². The lowest BCUT2D eigenvalue weighted by Crippen LogP contribution is -1.98. The number of rotatable bonds is 3. The summed E-state index contributed by atoms with van der Waals surface area (Å²) in [5, 5.41) is 0.508. The van der Waals surface area contributed by atoms with Crippen molar-refractivity contribution in [1.29, 1.82) is 0 Å². The van der Waals surface area contributed by atoms with Gasteiger partial charge in [0.1, 0.15) is 0 Å². The lowest BCUT2D eigenvalue weighted by Gasteiger charge is -2.03. The van der Waals surface area contributed by atoms with E-state index in [9.17, 15) is 8.42 Å². The van der Waals surface area contributed by atoms with Crippen molar-refractivity contribution in [2.75, 3.05) is 0 Å². The lowest BCUT2D eigenvalue weighted by molar-refractivity contribution is 0.614. The fraction of sp³-hybridized carbons (Fsp3) is 0.111. The van der Waals surface area contributed by atoms with Gasteiger partial charge in [0, 0.05) is 22.1 Å². The van der Waals surface area contributed by atoms with E-state index in [1.807, 2.05) is 0 Å². The number of hydrogen-bond donors (Lipinski definition) is 0. The second-order valence-corrected chi connectivity index (χ2v) is 5.82. The van der Waals surface area contributed by atoms with Crippen LogP contribution in [0.25, 0.3) is 0 Å². The summed E-state index contributed by atoms with van der Waals surface area (Å²) < 4.78 is 21.7. The van der Waals surface area contributed by atoms with Crippen molar-refractivity contribution < 1.29 is 8.42 Å². The summed E-state index contributed by atoms with van der Waals surface area (Å²) in [4.78, 5) is -0.0488. The third-order valence-electron chi connectivity index (χ3n) is 1.69. The first-order valence-corrected chi connectivity index (χ1v) is 6.46. The average Bonchev–Trinajstić information content (AvgIpc) is 2.07. The van der Waals surface area contributed by atoms with Gasteiger partial charge in [0.05, 0.1) is 4.91 Å². The number of hydrogen-bond acceptors (Lipinski definition) is 2. The van der Waals surface area contributed by atoms with Crippen molar-refractivity contribution in [1.82, 2.24) is 0 Å². The van der Waals surface area contributed by atoms with Gasteiger partial charge in [-0.1, -0.05) is 36.4 Å². The molecule has 0 bridgehead atoms. The first-order valence-electron chi connectivity index (χ1n) is 3.77. The van der Waals surface area contributed by atoms with Gasteiger partial charge in [0.25, 0.3) is 9.05 Å². The van der Waals surface area contributed by atoms with E-state index >= 15 is 0 Å². The summed E-state index contributed by atoms with van der Waals surface area (Å²) in [5.41, 5.74) is 0.698. The Hall–Kier alpha value is -0.510. The SMILES string of the molecule is C=C(Cc1ccccc1Cl)S(=O)(=O)Cl. The highest BCUT2D eigenvalue weighted by molar-refractivity contribution is 8.16. The Balaban J connectivity index is 2.91. The maximum Gasteiger partial charge on any atom is 0.257 e. The van der Waals surface area contributed by atoms with Gasteiger partial charge in [-0.2, -0.15) is 0 Å². The second kappa shape index (κ2) is 4.34. The quantitative estimate of drug-likeness (QED) is 0.774. The molecule has 0 spiro atoms. The third kappa shape index (κ3) is 3.01. The first-order chi connectivity index (χ1) is 6.41. The van der Waals surface area contributed by atoms with E-state index in [-0.39, 0.29) is 11.3 Å². The smallest absolute Gasteiger partial charge is 0.207 e. The topological polar surface area (TPSA) is 34.1 Å². The van der Waals surface area contributed by atoms with Crippen LogP contribution in [0.5, 0.6) is 0 Å². The maximum atomic E-state index is 10.9. The minimum Gasteiger partial charge on any atom is -0.207 e. The van der Waals surface area contributed by atoms with E-state index in [4.69, 9.17) is 22.3 Å². The molecule has 0 aliphatic carbocycles. The minimum absolute atomic E-state index is 0.0488. The molecule has 0 aliphatic heterocycles. The molecule has 0 unspecified atom stereocenters. The summed E-state index contributed by atoms with van der Waals surface area (Å²) in [6.07, 6.45) is 0.144. The highest BCUT2D eigenvalue weighted by Crippen LogP contribution is 2.21. The van der Waals surface area contributed by atoms with Crippen LogP contribution in [0.1, 0.15) is 5.56 Å². The van der Waals surface area contributed by atoms with Gasteiger partial charge in [0.2, 0.25) is 0 Å². The van der Waals surface area contributed by atoms with Gasteiger partial charge in [0.15, 0.2) is 0 Å².